The topological polar surface area (TPSA) is 96.2 Å². The molecule has 0 saturated heterocycles. The molecule has 2 rings (SSSR count). The Kier molecular flexibility index (Phi) is 3.37. The predicted molar refractivity (Wildman–Crippen MR) is 70.2 cm³/mol. The highest BCUT2D eigenvalue weighted by Gasteiger charge is 2.27. The molecule has 1 aromatic heterocycles. The minimum absolute atomic E-state index is 0.0955. The van der Waals surface area contributed by atoms with E-state index in [1.54, 1.807) is 31.3 Å². The first-order chi connectivity index (χ1) is 9.02. The van der Waals surface area contributed by atoms with Crippen LogP contribution >= 0.6 is 0 Å². The van der Waals surface area contributed by atoms with E-state index in [9.17, 15) is 10.1 Å². The highest BCUT2D eigenvalue weighted by Crippen LogP contribution is 2.34. The quantitative estimate of drug-likeness (QED) is 0.518. The molecule has 0 saturated carbocycles. The highest BCUT2D eigenvalue weighted by atomic mass is 16.6. The Hall–Kier alpha value is -2.57. The van der Waals surface area contributed by atoms with Gasteiger partial charge in [0.05, 0.1) is 4.92 Å². The normalized spacial score (nSPS) is 10.4. The molecule has 1 heterocycles. The number of nitrogens with two attached hydrogens (primary N) is 1. The molecule has 0 bridgehead atoms. The van der Waals surface area contributed by atoms with E-state index in [1.165, 1.54) is 4.68 Å². The van der Waals surface area contributed by atoms with Crippen LogP contribution in [0.5, 0.6) is 11.6 Å². The van der Waals surface area contributed by atoms with Crippen molar-refractivity contribution >= 4 is 11.4 Å². The summed E-state index contributed by atoms with van der Waals surface area (Å²) in [6.07, 6.45) is 0.468. The van der Waals surface area contributed by atoms with E-state index >= 15 is 0 Å². The lowest BCUT2D eigenvalue weighted by Crippen LogP contribution is -1.97. The summed E-state index contributed by atoms with van der Waals surface area (Å²) in [7, 11) is 1.61. The minimum atomic E-state index is -0.474. The Bertz CT molecular complexity index is 604. The number of benzene rings is 1. The Morgan fingerprint density at radius 2 is 2.05 bits per heavy atom. The zero-order chi connectivity index (χ0) is 14.0. The van der Waals surface area contributed by atoms with Crippen LogP contribution in [0.1, 0.15) is 12.6 Å². The van der Waals surface area contributed by atoms with E-state index in [1.807, 2.05) is 6.92 Å². The van der Waals surface area contributed by atoms with Gasteiger partial charge in [-0.3, -0.25) is 10.1 Å². The molecule has 0 radical (unpaired) electrons. The predicted octanol–water partition coefficient (Wildman–Crippen LogP) is 2.27. The average molecular weight is 262 g/mol. The molecule has 0 aliphatic heterocycles. The number of rotatable bonds is 4. The van der Waals surface area contributed by atoms with E-state index in [0.717, 1.165) is 0 Å². The van der Waals surface area contributed by atoms with Crippen molar-refractivity contribution < 1.29 is 9.66 Å². The van der Waals surface area contributed by atoms with Gasteiger partial charge in [-0.25, -0.2) is 4.68 Å². The smallest absolute Gasteiger partial charge is 0.353 e. The maximum atomic E-state index is 11.1. The van der Waals surface area contributed by atoms with Crippen molar-refractivity contribution in [2.75, 3.05) is 5.73 Å². The summed E-state index contributed by atoms with van der Waals surface area (Å²) < 4.78 is 6.91. The van der Waals surface area contributed by atoms with Gasteiger partial charge in [-0.1, -0.05) is 6.92 Å². The Morgan fingerprint density at radius 3 is 2.58 bits per heavy atom. The largest absolute Gasteiger partial charge is 0.434 e. The second-order valence-electron chi connectivity index (χ2n) is 4.01. The Balaban J connectivity index is 2.41. The van der Waals surface area contributed by atoms with Crippen LogP contribution in [0, 0.1) is 10.1 Å². The number of nitrogens with zero attached hydrogens (tertiary/aromatic N) is 3. The maximum absolute atomic E-state index is 11.1. The second-order valence-corrected chi connectivity index (χ2v) is 4.01. The monoisotopic (exact) mass is 262 g/mol. The van der Waals surface area contributed by atoms with E-state index in [4.69, 9.17) is 10.5 Å². The fourth-order valence-corrected chi connectivity index (χ4v) is 1.73. The SMILES string of the molecule is CCc1nn(C)c(Oc2ccc(N)cc2)c1[N+](=O)[O-]. The Labute approximate surface area is 109 Å². The van der Waals surface area contributed by atoms with Gasteiger partial charge in [0.1, 0.15) is 11.4 Å². The third-order valence-corrected chi connectivity index (χ3v) is 2.65. The fraction of sp³-hybridized carbons (Fsp3) is 0.250. The number of aromatic nitrogens is 2. The number of aryl methyl sites for hydroxylation is 2. The minimum Gasteiger partial charge on any atom is -0.434 e. The van der Waals surface area contributed by atoms with Crippen LogP contribution in [0.4, 0.5) is 11.4 Å². The van der Waals surface area contributed by atoms with Crippen molar-refractivity contribution in [3.05, 3.63) is 40.1 Å². The van der Waals surface area contributed by atoms with Gasteiger partial charge in [-0.2, -0.15) is 5.10 Å². The summed E-state index contributed by atoms with van der Waals surface area (Å²) in [6, 6.07) is 6.63. The molecule has 0 spiro atoms. The van der Waals surface area contributed by atoms with Crippen LogP contribution in [0.25, 0.3) is 0 Å². The first kappa shape index (κ1) is 12.9. The van der Waals surface area contributed by atoms with Crippen LogP contribution in [0.15, 0.2) is 24.3 Å². The molecule has 2 N–H and O–H groups in total. The molecule has 0 unspecified atom stereocenters. The number of anilines is 1. The van der Waals surface area contributed by atoms with Gasteiger partial charge >= 0.3 is 5.69 Å². The zero-order valence-electron chi connectivity index (χ0n) is 10.7. The molecule has 0 fully saturated rings. The molecule has 0 atom stereocenters. The summed E-state index contributed by atoms with van der Waals surface area (Å²) in [6.45, 7) is 1.81. The first-order valence-corrected chi connectivity index (χ1v) is 5.76. The number of nitrogen functional groups attached to an aromatic ring is 1. The van der Waals surface area contributed by atoms with Crippen molar-refractivity contribution in [1.82, 2.24) is 9.78 Å². The van der Waals surface area contributed by atoms with Gasteiger partial charge < -0.3 is 10.5 Å². The molecule has 100 valence electrons. The average Bonchev–Trinajstić information content (AvgIpc) is 2.69. The van der Waals surface area contributed by atoms with Crippen molar-refractivity contribution in [2.45, 2.75) is 13.3 Å². The summed E-state index contributed by atoms with van der Waals surface area (Å²) in [5.74, 6) is 0.592. The molecule has 1 aromatic carbocycles. The number of hydrogen-bond acceptors (Lipinski definition) is 5. The number of hydrogen-bond donors (Lipinski definition) is 1. The van der Waals surface area contributed by atoms with Gasteiger partial charge in [0.15, 0.2) is 0 Å². The van der Waals surface area contributed by atoms with E-state index in [2.05, 4.69) is 5.10 Å². The van der Waals surface area contributed by atoms with Gasteiger partial charge in [0.2, 0.25) is 0 Å². The third kappa shape index (κ3) is 2.49. The summed E-state index contributed by atoms with van der Waals surface area (Å²) in [5.41, 5.74) is 6.48. The molecule has 0 amide bonds. The molecule has 7 nitrogen and oxygen atoms in total. The lowest BCUT2D eigenvalue weighted by molar-refractivity contribution is -0.386. The molecular weight excluding hydrogens is 248 g/mol. The van der Waals surface area contributed by atoms with Crippen LogP contribution in [-0.4, -0.2) is 14.7 Å². The molecule has 2 aromatic rings. The molecule has 19 heavy (non-hydrogen) atoms. The fourth-order valence-electron chi connectivity index (χ4n) is 1.73. The number of ether oxygens (including phenoxy) is 1. The van der Waals surface area contributed by atoms with Gasteiger partial charge in [-0.05, 0) is 30.7 Å². The van der Waals surface area contributed by atoms with Crippen molar-refractivity contribution in [1.29, 1.82) is 0 Å². The molecule has 0 aliphatic carbocycles. The van der Waals surface area contributed by atoms with E-state index < -0.39 is 4.92 Å². The molecule has 7 heteroatoms. The van der Waals surface area contributed by atoms with Crippen molar-refractivity contribution in [2.24, 2.45) is 7.05 Å². The van der Waals surface area contributed by atoms with Gasteiger partial charge in [-0.15, -0.1) is 0 Å². The van der Waals surface area contributed by atoms with Crippen molar-refractivity contribution in [3.63, 3.8) is 0 Å². The van der Waals surface area contributed by atoms with Crippen LogP contribution in [0.3, 0.4) is 0 Å². The first-order valence-electron chi connectivity index (χ1n) is 5.76. The van der Waals surface area contributed by atoms with Crippen LogP contribution < -0.4 is 10.5 Å². The third-order valence-electron chi connectivity index (χ3n) is 2.65. The zero-order valence-corrected chi connectivity index (χ0v) is 10.7. The van der Waals surface area contributed by atoms with Crippen LogP contribution in [0.2, 0.25) is 0 Å². The van der Waals surface area contributed by atoms with E-state index in [0.29, 0.717) is 23.6 Å². The standard InChI is InChI=1S/C12H14N4O3/c1-3-10-11(16(17)18)12(15(2)14-10)19-9-6-4-8(13)5-7-9/h4-7H,3,13H2,1-2H3. The van der Waals surface area contributed by atoms with E-state index in [-0.39, 0.29) is 11.6 Å². The molecular formula is C12H14N4O3. The molecule has 0 aliphatic rings. The Morgan fingerprint density at radius 1 is 1.42 bits per heavy atom. The summed E-state index contributed by atoms with van der Waals surface area (Å²) in [5, 5.41) is 15.2. The van der Waals surface area contributed by atoms with Gasteiger partial charge in [0.25, 0.3) is 5.88 Å². The summed E-state index contributed by atoms with van der Waals surface area (Å²) in [4.78, 5) is 10.6. The highest BCUT2D eigenvalue weighted by molar-refractivity contribution is 5.49. The van der Waals surface area contributed by atoms with Gasteiger partial charge in [0, 0.05) is 12.7 Å². The lowest BCUT2D eigenvalue weighted by atomic mass is 10.3. The number of nitro groups is 1. The van der Waals surface area contributed by atoms with Crippen molar-refractivity contribution in [3.8, 4) is 11.6 Å². The lowest BCUT2D eigenvalue weighted by Gasteiger charge is -2.05. The summed E-state index contributed by atoms with van der Waals surface area (Å²) >= 11 is 0. The second kappa shape index (κ2) is 4.97. The maximum Gasteiger partial charge on any atom is 0.353 e. The van der Waals surface area contributed by atoms with Crippen LogP contribution in [-0.2, 0) is 13.5 Å².